The standard InChI is InChI=1S/C14H10F3NO/c15-11-7-13(17)12(16)6-10(11)9-4-2-1-3-8(9)5-14(18)19/h1-4,6-7H,5H2,(H2,18,19). The summed E-state index contributed by atoms with van der Waals surface area (Å²) in [5, 5.41) is 0. The molecule has 98 valence electrons. The lowest BCUT2D eigenvalue weighted by molar-refractivity contribution is -0.117. The van der Waals surface area contributed by atoms with Crippen molar-refractivity contribution in [1.82, 2.24) is 0 Å². The monoisotopic (exact) mass is 265 g/mol. The number of hydrogen-bond donors (Lipinski definition) is 1. The van der Waals surface area contributed by atoms with Crippen LogP contribution in [0.5, 0.6) is 0 Å². The Morgan fingerprint density at radius 2 is 1.58 bits per heavy atom. The highest BCUT2D eigenvalue weighted by Crippen LogP contribution is 2.28. The van der Waals surface area contributed by atoms with Crippen LogP contribution in [0.1, 0.15) is 5.56 Å². The van der Waals surface area contributed by atoms with E-state index in [2.05, 4.69) is 0 Å². The maximum absolute atomic E-state index is 13.7. The van der Waals surface area contributed by atoms with Gasteiger partial charge in [-0.15, -0.1) is 0 Å². The second kappa shape index (κ2) is 5.14. The molecule has 1 amide bonds. The van der Waals surface area contributed by atoms with E-state index in [1.54, 1.807) is 18.2 Å². The maximum atomic E-state index is 13.7. The lowest BCUT2D eigenvalue weighted by Gasteiger charge is -2.09. The predicted octanol–water partition coefficient (Wildman–Crippen LogP) is 2.80. The van der Waals surface area contributed by atoms with Gasteiger partial charge >= 0.3 is 0 Å². The number of benzene rings is 2. The van der Waals surface area contributed by atoms with Crippen molar-refractivity contribution < 1.29 is 18.0 Å². The van der Waals surface area contributed by atoms with Crippen molar-refractivity contribution in [2.75, 3.05) is 0 Å². The molecular weight excluding hydrogens is 255 g/mol. The van der Waals surface area contributed by atoms with Crippen molar-refractivity contribution in [3.8, 4) is 11.1 Å². The summed E-state index contributed by atoms with van der Waals surface area (Å²) in [6.07, 6.45) is -0.103. The van der Waals surface area contributed by atoms with E-state index in [9.17, 15) is 18.0 Å². The molecule has 0 atom stereocenters. The van der Waals surface area contributed by atoms with Crippen molar-refractivity contribution in [3.05, 3.63) is 59.4 Å². The molecule has 0 heterocycles. The van der Waals surface area contributed by atoms with Crippen LogP contribution in [0.15, 0.2) is 36.4 Å². The average molecular weight is 265 g/mol. The average Bonchev–Trinajstić information content (AvgIpc) is 2.34. The van der Waals surface area contributed by atoms with E-state index in [1.807, 2.05) is 0 Å². The van der Waals surface area contributed by atoms with Gasteiger partial charge in [-0.1, -0.05) is 24.3 Å². The number of primary amides is 1. The first-order chi connectivity index (χ1) is 8.99. The topological polar surface area (TPSA) is 43.1 Å². The summed E-state index contributed by atoms with van der Waals surface area (Å²) in [6.45, 7) is 0. The second-order valence-electron chi connectivity index (χ2n) is 4.05. The Morgan fingerprint density at radius 1 is 0.947 bits per heavy atom. The number of carbonyl (C=O) groups is 1. The Labute approximate surface area is 107 Å². The highest BCUT2D eigenvalue weighted by Gasteiger charge is 2.14. The van der Waals surface area contributed by atoms with Gasteiger partial charge in [0, 0.05) is 11.6 Å². The Kier molecular flexibility index (Phi) is 3.55. The van der Waals surface area contributed by atoms with Crippen LogP contribution in [0.25, 0.3) is 11.1 Å². The molecule has 0 unspecified atom stereocenters. The number of amides is 1. The van der Waals surface area contributed by atoms with Gasteiger partial charge in [0.25, 0.3) is 0 Å². The van der Waals surface area contributed by atoms with Crippen molar-refractivity contribution in [2.24, 2.45) is 5.73 Å². The van der Waals surface area contributed by atoms with Crippen molar-refractivity contribution in [2.45, 2.75) is 6.42 Å². The van der Waals surface area contributed by atoms with Crippen LogP contribution in [0.2, 0.25) is 0 Å². The van der Waals surface area contributed by atoms with E-state index in [0.29, 0.717) is 17.2 Å². The van der Waals surface area contributed by atoms with Gasteiger partial charge in [0.15, 0.2) is 11.6 Å². The van der Waals surface area contributed by atoms with Gasteiger partial charge in [-0.05, 0) is 17.2 Å². The Hall–Kier alpha value is -2.30. The minimum atomic E-state index is -1.26. The van der Waals surface area contributed by atoms with Crippen LogP contribution in [-0.2, 0) is 11.2 Å². The maximum Gasteiger partial charge on any atom is 0.221 e. The molecule has 0 aliphatic carbocycles. The first-order valence-electron chi connectivity index (χ1n) is 5.50. The van der Waals surface area contributed by atoms with Gasteiger partial charge in [0.05, 0.1) is 6.42 Å². The zero-order valence-electron chi connectivity index (χ0n) is 9.79. The fraction of sp³-hybridized carbons (Fsp3) is 0.0714. The molecule has 2 aromatic rings. The molecule has 0 bridgehead atoms. The largest absolute Gasteiger partial charge is 0.369 e. The summed E-state index contributed by atoms with van der Waals surface area (Å²) in [7, 11) is 0. The number of carbonyl (C=O) groups excluding carboxylic acids is 1. The van der Waals surface area contributed by atoms with E-state index >= 15 is 0 Å². The summed E-state index contributed by atoms with van der Waals surface area (Å²) >= 11 is 0. The fourth-order valence-electron chi connectivity index (χ4n) is 1.85. The Balaban J connectivity index is 2.59. The highest BCUT2D eigenvalue weighted by atomic mass is 19.2. The van der Waals surface area contributed by atoms with Gasteiger partial charge in [0.2, 0.25) is 5.91 Å². The van der Waals surface area contributed by atoms with Crippen molar-refractivity contribution >= 4 is 5.91 Å². The fourth-order valence-corrected chi connectivity index (χ4v) is 1.85. The molecule has 5 heteroatoms. The molecule has 0 radical (unpaired) electrons. The van der Waals surface area contributed by atoms with E-state index in [0.717, 1.165) is 6.07 Å². The molecule has 0 aliphatic heterocycles. The number of hydrogen-bond acceptors (Lipinski definition) is 1. The smallest absolute Gasteiger partial charge is 0.221 e. The zero-order chi connectivity index (χ0) is 14.0. The summed E-state index contributed by atoms with van der Waals surface area (Å²) < 4.78 is 39.8. The molecular formula is C14H10F3NO. The summed E-state index contributed by atoms with van der Waals surface area (Å²) in [4.78, 5) is 11.0. The van der Waals surface area contributed by atoms with Crippen molar-refractivity contribution in [3.63, 3.8) is 0 Å². The van der Waals surface area contributed by atoms with Crippen molar-refractivity contribution in [1.29, 1.82) is 0 Å². The summed E-state index contributed by atoms with van der Waals surface area (Å²) in [6, 6.07) is 7.62. The Morgan fingerprint density at radius 3 is 2.26 bits per heavy atom. The minimum absolute atomic E-state index is 0.101. The lowest BCUT2D eigenvalue weighted by Crippen LogP contribution is -2.14. The predicted molar refractivity (Wildman–Crippen MR) is 64.7 cm³/mol. The van der Waals surface area contributed by atoms with Crippen LogP contribution in [-0.4, -0.2) is 5.91 Å². The summed E-state index contributed by atoms with van der Waals surface area (Å²) in [5.41, 5.74) is 5.77. The Bertz CT molecular complexity index is 641. The second-order valence-corrected chi connectivity index (χ2v) is 4.05. The van der Waals surface area contributed by atoms with Gasteiger partial charge in [-0.3, -0.25) is 4.79 Å². The van der Waals surface area contributed by atoms with Crippen LogP contribution >= 0.6 is 0 Å². The first kappa shape index (κ1) is 13.1. The van der Waals surface area contributed by atoms with E-state index < -0.39 is 23.4 Å². The van der Waals surface area contributed by atoms with Gasteiger partial charge < -0.3 is 5.73 Å². The van der Waals surface area contributed by atoms with Crippen LogP contribution in [0, 0.1) is 17.5 Å². The zero-order valence-corrected chi connectivity index (χ0v) is 9.79. The van der Waals surface area contributed by atoms with Crippen LogP contribution in [0.4, 0.5) is 13.2 Å². The first-order valence-corrected chi connectivity index (χ1v) is 5.50. The third-order valence-electron chi connectivity index (χ3n) is 2.68. The molecule has 2 N–H and O–H groups in total. The van der Waals surface area contributed by atoms with E-state index in [4.69, 9.17) is 5.73 Å². The molecule has 0 aromatic heterocycles. The molecule has 0 fully saturated rings. The number of halogens is 3. The van der Waals surface area contributed by atoms with Crippen LogP contribution < -0.4 is 5.73 Å². The third kappa shape index (κ3) is 2.76. The number of rotatable bonds is 3. The quantitative estimate of drug-likeness (QED) is 0.852. The molecule has 0 saturated heterocycles. The highest BCUT2D eigenvalue weighted by molar-refractivity contribution is 5.80. The molecule has 19 heavy (non-hydrogen) atoms. The van der Waals surface area contributed by atoms with Crippen LogP contribution in [0.3, 0.4) is 0 Å². The van der Waals surface area contributed by atoms with Gasteiger partial charge in [-0.25, -0.2) is 13.2 Å². The molecule has 2 nitrogen and oxygen atoms in total. The molecule has 2 rings (SSSR count). The summed E-state index contributed by atoms with van der Waals surface area (Å²) in [5.74, 6) is -3.88. The third-order valence-corrected chi connectivity index (χ3v) is 2.68. The molecule has 0 spiro atoms. The van der Waals surface area contributed by atoms with E-state index in [-0.39, 0.29) is 12.0 Å². The SMILES string of the molecule is NC(=O)Cc1ccccc1-c1cc(F)c(F)cc1F. The number of nitrogens with two attached hydrogens (primary N) is 1. The van der Waals surface area contributed by atoms with Gasteiger partial charge in [-0.2, -0.15) is 0 Å². The minimum Gasteiger partial charge on any atom is -0.369 e. The molecule has 2 aromatic carbocycles. The molecule has 0 aliphatic rings. The lowest BCUT2D eigenvalue weighted by atomic mass is 9.97. The van der Waals surface area contributed by atoms with Gasteiger partial charge in [0.1, 0.15) is 5.82 Å². The van der Waals surface area contributed by atoms with E-state index in [1.165, 1.54) is 6.07 Å². The normalized spacial score (nSPS) is 10.5. The molecule has 0 saturated carbocycles.